The predicted octanol–water partition coefficient (Wildman–Crippen LogP) is 0.480. The summed E-state index contributed by atoms with van der Waals surface area (Å²) in [5.74, 6) is 0.0278. The molecule has 5 rings (SSSR count). The Labute approximate surface area is 270 Å². The Hall–Kier alpha value is -2.95. The van der Waals surface area contributed by atoms with Crippen molar-refractivity contribution in [3.63, 3.8) is 0 Å². The van der Waals surface area contributed by atoms with Gasteiger partial charge in [-0.1, -0.05) is 24.3 Å². The third kappa shape index (κ3) is 8.25. The summed E-state index contributed by atoms with van der Waals surface area (Å²) in [6.07, 6.45) is -3.84. The molecule has 2 aromatic heterocycles. The van der Waals surface area contributed by atoms with Crippen molar-refractivity contribution in [3.8, 4) is 0 Å². The van der Waals surface area contributed by atoms with Gasteiger partial charge in [0, 0.05) is 29.5 Å². The monoisotopic (exact) mass is 755 g/mol. The summed E-state index contributed by atoms with van der Waals surface area (Å²) in [5, 5.41) is 26.3. The summed E-state index contributed by atoms with van der Waals surface area (Å²) < 4.78 is 89.5. The minimum Gasteiger partial charge on any atom is -0.387 e. The molecular formula is C22H28N7O15P3S. The number of aliphatic hydroxyl groups is 2. The molecule has 2 aromatic carbocycles. The molecule has 262 valence electrons. The number of nitrogens with two attached hydrogens (primary N) is 1. The van der Waals surface area contributed by atoms with Gasteiger partial charge in [-0.15, -0.1) is 0 Å². The van der Waals surface area contributed by atoms with E-state index < -0.39 is 71.2 Å². The molecule has 1 saturated heterocycles. The van der Waals surface area contributed by atoms with Crippen molar-refractivity contribution in [2.24, 2.45) is 0 Å². The van der Waals surface area contributed by atoms with Crippen LogP contribution in [0.2, 0.25) is 0 Å². The fourth-order valence-electron chi connectivity index (χ4n) is 4.71. The van der Waals surface area contributed by atoms with Gasteiger partial charge in [0.1, 0.15) is 35.1 Å². The standard InChI is InChI=1S/C22H28N7O15P3S/c23-20-17-21(26-10-25-20)29(11-27-17)22-19(31)18(30)15(42-22)9-41-46(34,35)44-47(36,37)43-45(32,33)28-8-7-24-14-5-1-4-13-12(14)3-2-6-16(13)48(38,39)40/h1-6,10-11,15,18-19,22,24,30-31H,7-9H2,(H,34,35)(H,36,37)(H2,23,25,26)(H2,28,32,33)(H,38,39,40)/t15-,18-,19-,22-/m1/s1. The van der Waals surface area contributed by atoms with Gasteiger partial charge in [-0.05, 0) is 12.1 Å². The molecule has 48 heavy (non-hydrogen) atoms. The van der Waals surface area contributed by atoms with E-state index >= 15 is 0 Å². The summed E-state index contributed by atoms with van der Waals surface area (Å²) in [4.78, 5) is 41.3. The fourth-order valence-corrected chi connectivity index (χ4v) is 9.12. The van der Waals surface area contributed by atoms with Crippen LogP contribution in [-0.4, -0.2) is 95.4 Å². The van der Waals surface area contributed by atoms with Crippen LogP contribution >= 0.6 is 23.4 Å². The second-order valence-electron chi connectivity index (χ2n) is 10.0. The van der Waals surface area contributed by atoms with Crippen LogP contribution in [0.4, 0.5) is 11.5 Å². The zero-order valence-corrected chi connectivity index (χ0v) is 27.5. The summed E-state index contributed by atoms with van der Waals surface area (Å²) in [7, 11) is -21.0. The normalized spacial score (nSPS) is 23.9. The largest absolute Gasteiger partial charge is 0.489 e. The lowest BCUT2D eigenvalue weighted by atomic mass is 10.1. The van der Waals surface area contributed by atoms with Crippen molar-refractivity contribution in [1.29, 1.82) is 0 Å². The summed E-state index contributed by atoms with van der Waals surface area (Å²) in [5.41, 5.74) is 6.41. The minimum atomic E-state index is -5.77. The van der Waals surface area contributed by atoms with Crippen molar-refractivity contribution >= 4 is 67.0 Å². The van der Waals surface area contributed by atoms with Crippen molar-refractivity contribution in [2.45, 2.75) is 29.4 Å². The molecule has 26 heteroatoms. The summed E-state index contributed by atoms with van der Waals surface area (Å²) >= 11 is 0. The summed E-state index contributed by atoms with van der Waals surface area (Å²) in [6, 6.07) is 8.67. The van der Waals surface area contributed by atoms with Crippen LogP contribution in [-0.2, 0) is 41.7 Å². The molecule has 1 fully saturated rings. The van der Waals surface area contributed by atoms with Crippen LogP contribution in [0.15, 0.2) is 53.9 Å². The van der Waals surface area contributed by atoms with E-state index in [1.165, 1.54) is 35.2 Å². The number of fused-ring (bicyclic) bond motifs is 2. The highest BCUT2D eigenvalue weighted by Gasteiger charge is 2.47. The van der Waals surface area contributed by atoms with Crippen LogP contribution in [0.5, 0.6) is 0 Å². The number of ether oxygens (including phenoxy) is 1. The minimum absolute atomic E-state index is 0.0278. The van der Waals surface area contributed by atoms with E-state index in [1.807, 2.05) is 5.09 Å². The Bertz CT molecular complexity index is 2090. The number of nitrogens with zero attached hydrogens (tertiary/aromatic N) is 4. The molecule has 0 radical (unpaired) electrons. The number of imidazole rings is 1. The van der Waals surface area contributed by atoms with Crippen molar-refractivity contribution < 1.29 is 69.4 Å². The number of rotatable bonds is 14. The molecule has 0 saturated carbocycles. The molecule has 10 N–H and O–H groups in total. The molecular weight excluding hydrogens is 727 g/mol. The van der Waals surface area contributed by atoms with Crippen LogP contribution < -0.4 is 16.1 Å². The highest BCUT2D eigenvalue weighted by molar-refractivity contribution is 7.86. The van der Waals surface area contributed by atoms with E-state index in [0.717, 1.165) is 6.33 Å². The van der Waals surface area contributed by atoms with Crippen LogP contribution in [0.1, 0.15) is 6.23 Å². The molecule has 22 nitrogen and oxygen atoms in total. The number of nitrogen functional groups attached to an aromatic ring is 1. The average Bonchev–Trinajstić information content (AvgIpc) is 3.53. The second kappa shape index (κ2) is 13.8. The molecule has 0 amide bonds. The summed E-state index contributed by atoms with van der Waals surface area (Å²) in [6.45, 7) is -1.51. The Morgan fingerprint density at radius 1 is 0.938 bits per heavy atom. The van der Waals surface area contributed by atoms with Gasteiger partial charge in [0.25, 0.3) is 10.1 Å². The smallest absolute Gasteiger partial charge is 0.387 e. The van der Waals surface area contributed by atoms with Crippen molar-refractivity contribution in [2.75, 3.05) is 30.7 Å². The molecule has 0 bridgehead atoms. The van der Waals surface area contributed by atoms with E-state index in [1.54, 1.807) is 12.1 Å². The van der Waals surface area contributed by atoms with Gasteiger partial charge in [-0.3, -0.25) is 13.6 Å². The first-order chi connectivity index (χ1) is 22.4. The lowest BCUT2D eigenvalue weighted by Gasteiger charge is -2.20. The lowest BCUT2D eigenvalue weighted by Crippen LogP contribution is -2.33. The van der Waals surface area contributed by atoms with Crippen molar-refractivity contribution in [1.82, 2.24) is 24.6 Å². The number of hydrogen-bond donors (Lipinski definition) is 9. The van der Waals surface area contributed by atoms with E-state index in [4.69, 9.17) is 10.5 Å². The Morgan fingerprint density at radius 2 is 1.65 bits per heavy atom. The zero-order chi connectivity index (χ0) is 35.1. The topological polar surface area (TPSA) is 337 Å². The highest BCUT2D eigenvalue weighted by Crippen LogP contribution is 2.66. The first-order valence-corrected chi connectivity index (χ1v) is 19.4. The number of benzene rings is 2. The second-order valence-corrected chi connectivity index (χ2v) is 16.2. The van der Waals surface area contributed by atoms with Gasteiger partial charge in [0.15, 0.2) is 17.7 Å². The Kier molecular flexibility index (Phi) is 10.4. The van der Waals surface area contributed by atoms with E-state index in [0.29, 0.717) is 11.1 Å². The third-order valence-corrected chi connectivity index (χ3v) is 12.1. The molecule has 0 spiro atoms. The number of nitrogens with one attached hydrogen (secondary N) is 2. The van der Waals surface area contributed by atoms with Gasteiger partial charge in [0.2, 0.25) is 0 Å². The average molecular weight is 755 g/mol. The van der Waals surface area contributed by atoms with Gasteiger partial charge in [-0.25, -0.2) is 33.7 Å². The third-order valence-electron chi connectivity index (χ3n) is 6.73. The molecule has 1 aliphatic heterocycles. The number of aromatic nitrogens is 4. The maximum atomic E-state index is 12.4. The predicted molar refractivity (Wildman–Crippen MR) is 164 cm³/mol. The van der Waals surface area contributed by atoms with Gasteiger partial charge < -0.3 is 40.7 Å². The highest BCUT2D eigenvalue weighted by atomic mass is 32.2. The quantitative estimate of drug-likeness (QED) is 0.0480. The molecule has 3 unspecified atom stereocenters. The number of aliphatic hydroxyl groups excluding tert-OH is 2. The number of hydrogen-bond acceptors (Lipinski definition) is 16. The molecule has 4 aromatic rings. The molecule has 3 heterocycles. The van der Waals surface area contributed by atoms with Crippen LogP contribution in [0.3, 0.4) is 0 Å². The van der Waals surface area contributed by atoms with E-state index in [2.05, 4.69) is 33.4 Å². The van der Waals surface area contributed by atoms with Gasteiger partial charge >= 0.3 is 23.4 Å². The fraction of sp³-hybridized carbons (Fsp3) is 0.318. The maximum absolute atomic E-state index is 12.4. The maximum Gasteiger partial charge on any atom is 0.489 e. The van der Waals surface area contributed by atoms with Crippen LogP contribution in [0.25, 0.3) is 21.9 Å². The zero-order valence-electron chi connectivity index (χ0n) is 24.0. The molecule has 7 atom stereocenters. The SMILES string of the molecule is Nc1ncnc2c1ncn2[C@@H]1O[C@H](COP(=O)(O)OP(=O)(O)OP(=O)(O)NCCNc2cccc3c(S(=O)(=O)O)cccc23)[C@@H](O)[C@H]1O. The van der Waals surface area contributed by atoms with Crippen LogP contribution in [0, 0.1) is 0 Å². The van der Waals surface area contributed by atoms with Crippen molar-refractivity contribution in [3.05, 3.63) is 49.1 Å². The first-order valence-electron chi connectivity index (χ1n) is 13.4. The molecule has 0 aliphatic carbocycles. The van der Waals surface area contributed by atoms with E-state index in [-0.39, 0.29) is 33.8 Å². The Balaban J connectivity index is 1.13. The molecule has 1 aliphatic rings. The number of phosphoric acid groups is 2. The van der Waals surface area contributed by atoms with E-state index in [9.17, 15) is 51.6 Å². The Morgan fingerprint density at radius 3 is 2.38 bits per heavy atom. The van der Waals surface area contributed by atoms with Gasteiger partial charge in [-0.2, -0.15) is 17.0 Å². The lowest BCUT2D eigenvalue weighted by molar-refractivity contribution is -0.0503. The van der Waals surface area contributed by atoms with Gasteiger partial charge in [0.05, 0.1) is 12.9 Å². The number of anilines is 2. The first kappa shape index (κ1) is 36.3. The number of phosphoric ester groups is 1.